The molecule has 110 valence electrons. The van der Waals surface area contributed by atoms with Crippen molar-refractivity contribution < 1.29 is 4.79 Å². The van der Waals surface area contributed by atoms with E-state index in [1.165, 1.54) is 0 Å². The Kier molecular flexibility index (Phi) is 5.62. The Morgan fingerprint density at radius 1 is 1.14 bits per heavy atom. The fourth-order valence-electron chi connectivity index (χ4n) is 1.95. The third-order valence-electron chi connectivity index (χ3n) is 3.05. The summed E-state index contributed by atoms with van der Waals surface area (Å²) in [4.78, 5) is 11.9. The summed E-state index contributed by atoms with van der Waals surface area (Å²) in [6, 6.07) is 14.6. The van der Waals surface area contributed by atoms with Crippen LogP contribution in [0.2, 0.25) is 10.0 Å². The number of halogens is 2. The molecular formula is C16H16Cl2N2O. The third kappa shape index (κ3) is 4.74. The first-order valence-corrected chi connectivity index (χ1v) is 7.35. The van der Waals surface area contributed by atoms with Crippen LogP contribution in [-0.2, 0) is 4.79 Å². The zero-order chi connectivity index (χ0) is 15.2. The number of nitrogens with one attached hydrogen (secondary N) is 2. The van der Waals surface area contributed by atoms with E-state index in [0.29, 0.717) is 15.7 Å². The van der Waals surface area contributed by atoms with Crippen molar-refractivity contribution in [1.82, 2.24) is 5.32 Å². The van der Waals surface area contributed by atoms with Crippen LogP contribution in [0.4, 0.5) is 5.69 Å². The minimum atomic E-state index is -0.129. The van der Waals surface area contributed by atoms with Crippen LogP contribution in [0, 0.1) is 0 Å². The summed E-state index contributed by atoms with van der Waals surface area (Å²) in [5.41, 5.74) is 1.65. The second-order valence-electron chi connectivity index (χ2n) is 4.68. The molecule has 21 heavy (non-hydrogen) atoms. The fourth-order valence-corrected chi connectivity index (χ4v) is 2.44. The highest BCUT2D eigenvalue weighted by molar-refractivity contribution is 6.31. The van der Waals surface area contributed by atoms with E-state index in [-0.39, 0.29) is 18.5 Å². The van der Waals surface area contributed by atoms with Crippen molar-refractivity contribution in [2.75, 3.05) is 11.9 Å². The number of hydrogen-bond acceptors (Lipinski definition) is 2. The van der Waals surface area contributed by atoms with Crippen molar-refractivity contribution >= 4 is 34.8 Å². The Balaban J connectivity index is 1.88. The van der Waals surface area contributed by atoms with E-state index in [2.05, 4.69) is 10.6 Å². The van der Waals surface area contributed by atoms with Crippen molar-refractivity contribution in [3.63, 3.8) is 0 Å². The van der Waals surface area contributed by atoms with Crippen LogP contribution < -0.4 is 10.6 Å². The van der Waals surface area contributed by atoms with Gasteiger partial charge in [-0.05, 0) is 36.8 Å². The number of anilines is 1. The Morgan fingerprint density at radius 3 is 2.62 bits per heavy atom. The average Bonchev–Trinajstić information content (AvgIpc) is 2.45. The van der Waals surface area contributed by atoms with E-state index in [0.717, 1.165) is 5.56 Å². The molecule has 1 amide bonds. The van der Waals surface area contributed by atoms with Gasteiger partial charge in [0.25, 0.3) is 0 Å². The van der Waals surface area contributed by atoms with Crippen LogP contribution in [0.15, 0.2) is 48.5 Å². The lowest BCUT2D eigenvalue weighted by molar-refractivity contribution is -0.115. The minimum Gasteiger partial charge on any atom is -0.325 e. The predicted octanol–water partition coefficient (Wildman–Crippen LogP) is 4.28. The molecule has 2 rings (SSSR count). The lowest BCUT2D eigenvalue weighted by Crippen LogP contribution is -2.30. The molecule has 2 aromatic rings. The van der Waals surface area contributed by atoms with Gasteiger partial charge in [0.2, 0.25) is 5.91 Å². The summed E-state index contributed by atoms with van der Waals surface area (Å²) >= 11 is 12.0. The summed E-state index contributed by atoms with van der Waals surface area (Å²) in [6.07, 6.45) is 0. The van der Waals surface area contributed by atoms with E-state index in [1.807, 2.05) is 31.2 Å². The Bertz CT molecular complexity index is 631. The van der Waals surface area contributed by atoms with Crippen LogP contribution in [0.3, 0.4) is 0 Å². The molecule has 0 unspecified atom stereocenters. The maximum absolute atomic E-state index is 11.9. The molecule has 0 spiro atoms. The molecule has 0 aromatic heterocycles. The van der Waals surface area contributed by atoms with Crippen LogP contribution in [0.25, 0.3) is 0 Å². The maximum atomic E-state index is 11.9. The van der Waals surface area contributed by atoms with Gasteiger partial charge in [-0.15, -0.1) is 0 Å². The minimum absolute atomic E-state index is 0.0104. The van der Waals surface area contributed by atoms with Crippen LogP contribution in [0.5, 0.6) is 0 Å². The van der Waals surface area contributed by atoms with Crippen molar-refractivity contribution in [3.8, 4) is 0 Å². The van der Waals surface area contributed by atoms with E-state index >= 15 is 0 Å². The molecule has 0 radical (unpaired) electrons. The summed E-state index contributed by atoms with van der Waals surface area (Å²) in [5.74, 6) is -0.129. The van der Waals surface area contributed by atoms with Gasteiger partial charge in [-0.3, -0.25) is 4.79 Å². The van der Waals surface area contributed by atoms with Gasteiger partial charge in [0.1, 0.15) is 0 Å². The number of carbonyl (C=O) groups is 1. The summed E-state index contributed by atoms with van der Waals surface area (Å²) in [5, 5.41) is 7.21. The number of amides is 1. The second-order valence-corrected chi connectivity index (χ2v) is 5.53. The molecular weight excluding hydrogens is 307 g/mol. The molecule has 5 heteroatoms. The molecule has 3 nitrogen and oxygen atoms in total. The van der Waals surface area contributed by atoms with Gasteiger partial charge in [-0.2, -0.15) is 0 Å². The maximum Gasteiger partial charge on any atom is 0.238 e. The topological polar surface area (TPSA) is 41.1 Å². The molecule has 1 atom stereocenters. The van der Waals surface area contributed by atoms with E-state index in [9.17, 15) is 4.79 Å². The number of hydrogen-bond donors (Lipinski definition) is 2. The van der Waals surface area contributed by atoms with Gasteiger partial charge in [-0.25, -0.2) is 0 Å². The number of rotatable bonds is 5. The zero-order valence-corrected chi connectivity index (χ0v) is 13.1. The lowest BCUT2D eigenvalue weighted by atomic mass is 10.1. The van der Waals surface area contributed by atoms with Gasteiger partial charge in [0.15, 0.2) is 0 Å². The summed E-state index contributed by atoms with van der Waals surface area (Å²) in [6.45, 7) is 2.16. The smallest absolute Gasteiger partial charge is 0.238 e. The molecule has 2 N–H and O–H groups in total. The van der Waals surface area contributed by atoms with Gasteiger partial charge in [0, 0.05) is 21.8 Å². The Morgan fingerprint density at radius 2 is 1.90 bits per heavy atom. The molecule has 2 aromatic carbocycles. The first-order chi connectivity index (χ1) is 10.1. The van der Waals surface area contributed by atoms with Crippen molar-refractivity contribution in [3.05, 3.63) is 64.1 Å². The molecule has 0 fully saturated rings. The Hall–Kier alpha value is -1.55. The highest BCUT2D eigenvalue weighted by Gasteiger charge is 2.10. The monoisotopic (exact) mass is 322 g/mol. The van der Waals surface area contributed by atoms with E-state index in [1.54, 1.807) is 24.3 Å². The highest BCUT2D eigenvalue weighted by Crippen LogP contribution is 2.22. The van der Waals surface area contributed by atoms with Crippen molar-refractivity contribution in [2.45, 2.75) is 13.0 Å². The largest absolute Gasteiger partial charge is 0.325 e. The SMILES string of the molecule is C[C@@H](NCC(=O)Nc1cccc(Cl)c1)c1ccccc1Cl. The zero-order valence-electron chi connectivity index (χ0n) is 11.6. The molecule has 0 aliphatic rings. The number of carbonyl (C=O) groups excluding carboxylic acids is 1. The normalized spacial score (nSPS) is 12.0. The Labute approximate surface area is 134 Å². The molecule has 0 saturated carbocycles. The summed E-state index contributed by atoms with van der Waals surface area (Å²) < 4.78 is 0. The van der Waals surface area contributed by atoms with Gasteiger partial charge < -0.3 is 10.6 Å². The first-order valence-electron chi connectivity index (χ1n) is 6.59. The van der Waals surface area contributed by atoms with Crippen LogP contribution >= 0.6 is 23.2 Å². The lowest BCUT2D eigenvalue weighted by Gasteiger charge is -2.15. The first kappa shape index (κ1) is 15.8. The van der Waals surface area contributed by atoms with Gasteiger partial charge in [0.05, 0.1) is 6.54 Å². The average molecular weight is 323 g/mol. The van der Waals surface area contributed by atoms with Gasteiger partial charge >= 0.3 is 0 Å². The van der Waals surface area contributed by atoms with Crippen molar-refractivity contribution in [2.24, 2.45) is 0 Å². The van der Waals surface area contributed by atoms with Crippen LogP contribution in [0.1, 0.15) is 18.5 Å². The standard InChI is InChI=1S/C16H16Cl2N2O/c1-11(14-7-2-3-8-15(14)18)19-10-16(21)20-13-6-4-5-12(17)9-13/h2-9,11,19H,10H2,1H3,(H,20,21)/t11-/m1/s1. The summed E-state index contributed by atoms with van der Waals surface area (Å²) in [7, 11) is 0. The number of benzene rings is 2. The van der Waals surface area contributed by atoms with E-state index < -0.39 is 0 Å². The highest BCUT2D eigenvalue weighted by atomic mass is 35.5. The predicted molar refractivity (Wildman–Crippen MR) is 88.0 cm³/mol. The molecule has 0 aliphatic carbocycles. The molecule has 0 saturated heterocycles. The van der Waals surface area contributed by atoms with Crippen molar-refractivity contribution in [1.29, 1.82) is 0 Å². The van der Waals surface area contributed by atoms with Crippen LogP contribution in [-0.4, -0.2) is 12.5 Å². The quantitative estimate of drug-likeness (QED) is 0.862. The van der Waals surface area contributed by atoms with E-state index in [4.69, 9.17) is 23.2 Å². The second kappa shape index (κ2) is 7.46. The molecule has 0 bridgehead atoms. The molecule has 0 aliphatic heterocycles. The van der Waals surface area contributed by atoms with Gasteiger partial charge in [-0.1, -0.05) is 47.5 Å². The fraction of sp³-hybridized carbons (Fsp3) is 0.188. The third-order valence-corrected chi connectivity index (χ3v) is 3.63. The molecule has 0 heterocycles.